The minimum Gasteiger partial charge on any atom is -0.497 e. The number of hydrogen-bond donors (Lipinski definition) is 2. The van der Waals surface area contributed by atoms with E-state index in [0.29, 0.717) is 41.9 Å². The Morgan fingerprint density at radius 3 is 2.73 bits per heavy atom. The molecule has 33 heavy (non-hydrogen) atoms. The van der Waals surface area contributed by atoms with Crippen LogP contribution in [-0.2, 0) is 0 Å². The molecular formula is C25H26N4O4. The molecule has 0 saturated heterocycles. The van der Waals surface area contributed by atoms with Gasteiger partial charge in [0.1, 0.15) is 17.4 Å². The molecule has 0 bridgehead atoms. The molecule has 0 saturated carbocycles. The summed E-state index contributed by atoms with van der Waals surface area (Å²) in [6, 6.07) is 15.5. The van der Waals surface area contributed by atoms with Crippen LogP contribution in [0.25, 0.3) is 11.3 Å². The van der Waals surface area contributed by atoms with E-state index in [9.17, 15) is 5.26 Å². The minimum atomic E-state index is -0.502. The number of methoxy groups -OCH3 is 1. The van der Waals surface area contributed by atoms with Gasteiger partial charge in [0, 0.05) is 5.56 Å². The molecule has 1 unspecified atom stereocenters. The molecule has 1 aromatic heterocycles. The molecule has 1 atom stereocenters. The number of nitrogens with zero attached hydrogens (tertiary/aromatic N) is 2. The Bertz CT molecular complexity index is 1230. The van der Waals surface area contributed by atoms with Gasteiger partial charge in [0.15, 0.2) is 11.5 Å². The van der Waals surface area contributed by atoms with Crippen molar-refractivity contribution in [2.75, 3.05) is 20.3 Å². The summed E-state index contributed by atoms with van der Waals surface area (Å²) < 4.78 is 22.8. The number of rotatable bonds is 8. The van der Waals surface area contributed by atoms with E-state index < -0.39 is 5.92 Å². The Morgan fingerprint density at radius 2 is 2.00 bits per heavy atom. The molecule has 0 radical (unpaired) electrons. The summed E-state index contributed by atoms with van der Waals surface area (Å²) in [5, 5.41) is 17.4. The van der Waals surface area contributed by atoms with Crippen molar-refractivity contribution in [2.45, 2.75) is 26.2 Å². The Hall–Kier alpha value is -4.12. The van der Waals surface area contributed by atoms with Crippen LogP contribution in [0, 0.1) is 11.3 Å². The van der Waals surface area contributed by atoms with E-state index in [1.165, 1.54) is 0 Å². The highest BCUT2D eigenvalue weighted by Gasteiger charge is 2.36. The highest BCUT2D eigenvalue weighted by Crippen LogP contribution is 2.47. The van der Waals surface area contributed by atoms with Crippen LogP contribution in [0.15, 0.2) is 53.9 Å². The fourth-order valence-corrected chi connectivity index (χ4v) is 3.88. The second-order valence-electron chi connectivity index (χ2n) is 7.46. The van der Waals surface area contributed by atoms with Crippen LogP contribution < -0.4 is 24.7 Å². The number of benzene rings is 2. The summed E-state index contributed by atoms with van der Waals surface area (Å²) in [5.41, 5.74) is 9.53. The van der Waals surface area contributed by atoms with Gasteiger partial charge in [0.2, 0.25) is 11.8 Å². The number of nitrogens with one attached hydrogen (secondary N) is 1. The molecule has 0 aliphatic carbocycles. The number of nitrogens with two attached hydrogens (primary N) is 1. The van der Waals surface area contributed by atoms with E-state index in [-0.39, 0.29) is 5.88 Å². The lowest BCUT2D eigenvalue weighted by molar-refractivity contribution is 0.276. The molecule has 1 aliphatic rings. The summed E-state index contributed by atoms with van der Waals surface area (Å²) in [4.78, 5) is 0. The van der Waals surface area contributed by atoms with E-state index in [1.54, 1.807) is 7.11 Å². The largest absolute Gasteiger partial charge is 0.497 e. The molecule has 2 aromatic carbocycles. The second kappa shape index (κ2) is 9.57. The maximum atomic E-state index is 9.97. The van der Waals surface area contributed by atoms with Crippen molar-refractivity contribution in [3.05, 3.63) is 65.0 Å². The van der Waals surface area contributed by atoms with Crippen LogP contribution >= 0.6 is 0 Å². The van der Waals surface area contributed by atoms with Crippen LogP contribution in [0.5, 0.6) is 23.1 Å². The Labute approximate surface area is 192 Å². The fraction of sp³-hybridized carbons (Fsp3) is 0.280. The third kappa shape index (κ3) is 4.17. The van der Waals surface area contributed by atoms with Crippen molar-refractivity contribution in [3.8, 4) is 40.5 Å². The standard InChI is InChI=1S/C25H26N4O4/c1-4-11-32-19-10-9-15(13-20(19)31-5-2)21-18(14-26)24(27)33-25-22(21)23(28-29-25)16-7-6-8-17(12-16)30-3/h6-10,12-13,21H,4-5,11,27H2,1-3H3,(H,28,29). The maximum Gasteiger partial charge on any atom is 0.244 e. The van der Waals surface area contributed by atoms with E-state index in [1.807, 2.05) is 56.3 Å². The minimum absolute atomic E-state index is 0.0305. The first-order valence-electron chi connectivity index (χ1n) is 10.8. The first kappa shape index (κ1) is 22.1. The molecule has 2 heterocycles. The monoisotopic (exact) mass is 446 g/mol. The number of ether oxygens (including phenoxy) is 4. The van der Waals surface area contributed by atoms with Gasteiger partial charge in [-0.1, -0.05) is 25.1 Å². The van der Waals surface area contributed by atoms with Gasteiger partial charge in [-0.05, 0) is 43.2 Å². The molecule has 170 valence electrons. The average molecular weight is 447 g/mol. The topological polar surface area (TPSA) is 115 Å². The number of H-pyrrole nitrogens is 1. The number of nitriles is 1. The van der Waals surface area contributed by atoms with Crippen LogP contribution in [0.1, 0.15) is 37.3 Å². The summed E-state index contributed by atoms with van der Waals surface area (Å²) >= 11 is 0. The normalized spacial score (nSPS) is 14.8. The molecule has 4 rings (SSSR count). The van der Waals surface area contributed by atoms with Crippen molar-refractivity contribution in [1.82, 2.24) is 10.2 Å². The first-order valence-corrected chi connectivity index (χ1v) is 10.8. The molecular weight excluding hydrogens is 420 g/mol. The number of aromatic nitrogens is 2. The number of hydrogen-bond acceptors (Lipinski definition) is 7. The highest BCUT2D eigenvalue weighted by molar-refractivity contribution is 5.72. The highest BCUT2D eigenvalue weighted by atomic mass is 16.5. The molecule has 1 aliphatic heterocycles. The van der Waals surface area contributed by atoms with Crippen molar-refractivity contribution < 1.29 is 18.9 Å². The molecule has 0 fully saturated rings. The molecule has 8 nitrogen and oxygen atoms in total. The van der Waals surface area contributed by atoms with Crippen LogP contribution in [0.4, 0.5) is 0 Å². The SMILES string of the molecule is CCCOc1ccc(C2C(C#N)=C(N)Oc3n[nH]c(-c4cccc(OC)c4)c32)cc1OCC. The molecule has 0 amide bonds. The third-order valence-electron chi connectivity index (χ3n) is 5.36. The molecule has 3 aromatic rings. The van der Waals surface area contributed by atoms with E-state index in [2.05, 4.69) is 16.3 Å². The predicted octanol–water partition coefficient (Wildman–Crippen LogP) is 4.49. The van der Waals surface area contributed by atoms with E-state index in [4.69, 9.17) is 24.7 Å². The van der Waals surface area contributed by atoms with Crippen LogP contribution in [-0.4, -0.2) is 30.5 Å². The number of allylic oxidation sites excluding steroid dienone is 1. The third-order valence-corrected chi connectivity index (χ3v) is 5.36. The Morgan fingerprint density at radius 1 is 1.15 bits per heavy atom. The van der Waals surface area contributed by atoms with Gasteiger partial charge in [0.25, 0.3) is 0 Å². The van der Waals surface area contributed by atoms with Gasteiger partial charge in [-0.15, -0.1) is 5.10 Å². The average Bonchev–Trinajstić information content (AvgIpc) is 3.26. The van der Waals surface area contributed by atoms with Gasteiger partial charge >= 0.3 is 0 Å². The Balaban J connectivity index is 1.87. The van der Waals surface area contributed by atoms with Crippen molar-refractivity contribution >= 4 is 0 Å². The van der Waals surface area contributed by atoms with Crippen LogP contribution in [0.3, 0.4) is 0 Å². The second-order valence-corrected chi connectivity index (χ2v) is 7.46. The lowest BCUT2D eigenvalue weighted by atomic mass is 9.83. The van der Waals surface area contributed by atoms with E-state index in [0.717, 1.165) is 28.8 Å². The van der Waals surface area contributed by atoms with Crippen molar-refractivity contribution in [1.29, 1.82) is 5.26 Å². The summed E-state index contributed by atoms with van der Waals surface area (Å²) in [6.07, 6.45) is 0.882. The maximum absolute atomic E-state index is 9.97. The lowest BCUT2D eigenvalue weighted by Gasteiger charge is -2.25. The number of aromatic amines is 1. The number of fused-ring (bicyclic) bond motifs is 1. The van der Waals surface area contributed by atoms with Gasteiger partial charge in [-0.3, -0.25) is 5.10 Å². The Kier molecular flexibility index (Phi) is 6.41. The summed E-state index contributed by atoms with van der Waals surface area (Å²) in [5.74, 6) is 1.83. The molecule has 0 spiro atoms. The zero-order valence-corrected chi connectivity index (χ0v) is 18.8. The van der Waals surface area contributed by atoms with Crippen molar-refractivity contribution in [3.63, 3.8) is 0 Å². The van der Waals surface area contributed by atoms with Crippen LogP contribution in [0.2, 0.25) is 0 Å². The molecule has 8 heteroatoms. The quantitative estimate of drug-likeness (QED) is 0.524. The van der Waals surface area contributed by atoms with E-state index >= 15 is 0 Å². The fourth-order valence-electron chi connectivity index (χ4n) is 3.88. The van der Waals surface area contributed by atoms with Gasteiger partial charge in [-0.25, -0.2) is 0 Å². The predicted molar refractivity (Wildman–Crippen MR) is 123 cm³/mol. The molecule has 3 N–H and O–H groups in total. The van der Waals surface area contributed by atoms with Gasteiger partial charge in [-0.2, -0.15) is 5.26 Å². The summed E-state index contributed by atoms with van der Waals surface area (Å²) in [7, 11) is 1.61. The van der Waals surface area contributed by atoms with Gasteiger partial charge in [0.05, 0.1) is 37.5 Å². The zero-order chi connectivity index (χ0) is 23.4. The lowest BCUT2D eigenvalue weighted by Crippen LogP contribution is -2.21. The van der Waals surface area contributed by atoms with Gasteiger partial charge < -0.3 is 24.7 Å². The smallest absolute Gasteiger partial charge is 0.244 e. The first-order chi connectivity index (χ1) is 16.1. The van der Waals surface area contributed by atoms with Crippen molar-refractivity contribution in [2.24, 2.45) is 5.73 Å². The summed E-state index contributed by atoms with van der Waals surface area (Å²) in [6.45, 7) is 5.02. The zero-order valence-electron chi connectivity index (χ0n) is 18.8.